The molecule has 5 heteroatoms. The first-order valence-corrected chi connectivity index (χ1v) is 10.2. The van der Waals surface area contributed by atoms with Gasteiger partial charge in [0.15, 0.2) is 9.76 Å². The minimum atomic E-state index is -0.785. The van der Waals surface area contributed by atoms with Gasteiger partial charge in [-0.05, 0) is 12.8 Å². The van der Waals surface area contributed by atoms with Gasteiger partial charge in [-0.25, -0.2) is 0 Å². The molecule has 0 aliphatic heterocycles. The quantitative estimate of drug-likeness (QED) is 0.154. The van der Waals surface area contributed by atoms with Crippen molar-refractivity contribution in [2.45, 2.75) is 74.7 Å². The largest absolute Gasteiger partial charge is 0.375 e. The van der Waals surface area contributed by atoms with E-state index in [9.17, 15) is 0 Å². The zero-order chi connectivity index (χ0) is 14.6. The molecule has 0 aromatic rings. The summed E-state index contributed by atoms with van der Waals surface area (Å²) in [5.74, 6) is -0.785. The summed E-state index contributed by atoms with van der Waals surface area (Å²) < 4.78 is 17.5. The molecule has 0 aromatic heterocycles. The summed E-state index contributed by atoms with van der Waals surface area (Å²) in [5, 5.41) is 0. The Morgan fingerprint density at radius 2 is 1.63 bits per heavy atom. The molecular weight excluding hydrogens is 371 g/mol. The Morgan fingerprint density at radius 3 is 2.16 bits per heavy atom. The first-order valence-electron chi connectivity index (χ1n) is 7.52. The summed E-state index contributed by atoms with van der Waals surface area (Å²) in [7, 11) is 2.72. The standard InChI is InChI=1S/C14H31IO3Si/c1-5-7-8-9-10-11-13(15)19-18-14(16-3,17-4)12-6-2/h13H,5-12,19H2,1-4H3. The molecule has 0 aliphatic rings. The number of methoxy groups -OCH3 is 2. The molecule has 1 unspecified atom stereocenters. The fourth-order valence-corrected chi connectivity index (χ4v) is 4.30. The average Bonchev–Trinajstić information content (AvgIpc) is 2.43. The fourth-order valence-electron chi connectivity index (χ4n) is 2.05. The molecule has 0 spiro atoms. The summed E-state index contributed by atoms with van der Waals surface area (Å²) in [6.45, 7) is 4.37. The van der Waals surface area contributed by atoms with Crippen LogP contribution in [-0.4, -0.2) is 33.5 Å². The van der Waals surface area contributed by atoms with Crippen molar-refractivity contribution in [3.8, 4) is 0 Å². The van der Waals surface area contributed by atoms with Crippen molar-refractivity contribution in [1.82, 2.24) is 0 Å². The predicted octanol–water partition coefficient (Wildman–Crippen LogP) is 3.96. The van der Waals surface area contributed by atoms with Crippen LogP contribution in [0.3, 0.4) is 0 Å². The molecule has 116 valence electrons. The summed E-state index contributed by atoms with van der Waals surface area (Å²) in [6, 6.07) is 0. The van der Waals surface area contributed by atoms with E-state index in [1.807, 2.05) is 0 Å². The highest BCUT2D eigenvalue weighted by Crippen LogP contribution is 2.22. The van der Waals surface area contributed by atoms with Crippen molar-refractivity contribution in [3.05, 3.63) is 0 Å². The Hall–Kier alpha value is 0.827. The van der Waals surface area contributed by atoms with E-state index < -0.39 is 15.7 Å². The maximum atomic E-state index is 6.00. The van der Waals surface area contributed by atoms with E-state index in [1.165, 1.54) is 38.5 Å². The minimum Gasteiger partial charge on any atom is -0.375 e. The molecule has 0 bridgehead atoms. The Bertz CT molecular complexity index is 201. The molecule has 0 saturated carbocycles. The highest BCUT2D eigenvalue weighted by Gasteiger charge is 2.30. The first-order chi connectivity index (χ1) is 9.14. The number of ether oxygens (including phenoxy) is 2. The van der Waals surface area contributed by atoms with E-state index in [4.69, 9.17) is 13.9 Å². The van der Waals surface area contributed by atoms with E-state index in [1.54, 1.807) is 14.2 Å². The van der Waals surface area contributed by atoms with Crippen molar-refractivity contribution in [3.63, 3.8) is 0 Å². The lowest BCUT2D eigenvalue weighted by Crippen LogP contribution is -2.40. The van der Waals surface area contributed by atoms with Gasteiger partial charge < -0.3 is 13.9 Å². The normalized spacial score (nSPS) is 14.4. The predicted molar refractivity (Wildman–Crippen MR) is 92.5 cm³/mol. The van der Waals surface area contributed by atoms with Crippen LogP contribution >= 0.6 is 22.6 Å². The van der Waals surface area contributed by atoms with E-state index in [0.717, 1.165) is 12.8 Å². The van der Waals surface area contributed by atoms with Crippen LogP contribution in [0.2, 0.25) is 0 Å². The first kappa shape index (κ1) is 19.8. The van der Waals surface area contributed by atoms with Gasteiger partial charge in [0.25, 0.3) is 5.97 Å². The van der Waals surface area contributed by atoms with Crippen molar-refractivity contribution >= 4 is 32.4 Å². The number of rotatable bonds is 13. The Balaban J connectivity index is 3.82. The third-order valence-corrected chi connectivity index (χ3v) is 6.36. The smallest absolute Gasteiger partial charge is 0.272 e. The monoisotopic (exact) mass is 402 g/mol. The lowest BCUT2D eigenvalue weighted by Gasteiger charge is -2.31. The highest BCUT2D eigenvalue weighted by molar-refractivity contribution is 14.1. The van der Waals surface area contributed by atoms with Gasteiger partial charge >= 0.3 is 0 Å². The second kappa shape index (κ2) is 12.6. The summed E-state index contributed by atoms with van der Waals surface area (Å²) >= 11 is 2.53. The third-order valence-electron chi connectivity index (χ3n) is 3.28. The van der Waals surface area contributed by atoms with E-state index in [-0.39, 0.29) is 0 Å². The van der Waals surface area contributed by atoms with E-state index >= 15 is 0 Å². The van der Waals surface area contributed by atoms with Crippen LogP contribution in [0.5, 0.6) is 0 Å². The SMILES string of the molecule is CCCCCCCC(I)[SiH2]OC(CCC)(OC)OC. The van der Waals surface area contributed by atoms with Gasteiger partial charge in [0.1, 0.15) is 0 Å². The molecule has 0 fully saturated rings. The van der Waals surface area contributed by atoms with Crippen LogP contribution in [-0.2, 0) is 13.9 Å². The van der Waals surface area contributed by atoms with Crippen molar-refractivity contribution < 1.29 is 13.9 Å². The maximum absolute atomic E-state index is 6.00. The van der Waals surface area contributed by atoms with Gasteiger partial charge in [0.05, 0.1) is 0 Å². The lowest BCUT2D eigenvalue weighted by atomic mass is 10.1. The van der Waals surface area contributed by atoms with Crippen molar-refractivity contribution in [2.75, 3.05) is 14.2 Å². The molecule has 0 amide bonds. The topological polar surface area (TPSA) is 27.7 Å². The minimum absolute atomic E-state index is 0.614. The number of unbranched alkanes of at least 4 members (excludes halogenated alkanes) is 4. The molecular formula is C14H31IO3Si. The van der Waals surface area contributed by atoms with Crippen LogP contribution in [0.4, 0.5) is 0 Å². The summed E-state index contributed by atoms with van der Waals surface area (Å²) in [4.78, 5) is 0. The molecule has 19 heavy (non-hydrogen) atoms. The van der Waals surface area contributed by atoms with Gasteiger partial charge in [0.2, 0.25) is 0 Å². The second-order valence-corrected chi connectivity index (χ2v) is 9.98. The zero-order valence-corrected chi connectivity index (χ0v) is 16.6. The molecule has 1 atom stereocenters. The maximum Gasteiger partial charge on any atom is 0.272 e. The van der Waals surface area contributed by atoms with Gasteiger partial charge in [-0.3, -0.25) is 0 Å². The molecule has 0 heterocycles. The Labute approximate surface area is 135 Å². The molecule has 0 radical (unpaired) electrons. The van der Waals surface area contributed by atoms with Crippen molar-refractivity contribution in [1.29, 1.82) is 0 Å². The zero-order valence-electron chi connectivity index (χ0n) is 13.0. The van der Waals surface area contributed by atoms with Crippen LogP contribution in [0.15, 0.2) is 0 Å². The number of hydrogen-bond donors (Lipinski definition) is 0. The molecule has 0 saturated heterocycles. The molecule has 0 aromatic carbocycles. The molecule has 0 rings (SSSR count). The highest BCUT2D eigenvalue weighted by atomic mass is 127. The van der Waals surface area contributed by atoms with Gasteiger partial charge in [0, 0.05) is 24.2 Å². The van der Waals surface area contributed by atoms with Crippen LogP contribution in [0.1, 0.15) is 65.2 Å². The Kier molecular flexibility index (Phi) is 13.1. The average molecular weight is 402 g/mol. The van der Waals surface area contributed by atoms with Gasteiger partial charge in [-0.1, -0.05) is 68.5 Å². The summed E-state index contributed by atoms with van der Waals surface area (Å²) in [5.41, 5.74) is 0. The van der Waals surface area contributed by atoms with E-state index in [0.29, 0.717) is 3.55 Å². The lowest BCUT2D eigenvalue weighted by molar-refractivity contribution is -0.326. The van der Waals surface area contributed by atoms with Crippen LogP contribution in [0.25, 0.3) is 0 Å². The van der Waals surface area contributed by atoms with Gasteiger partial charge in [-0.15, -0.1) is 0 Å². The number of hydrogen-bond acceptors (Lipinski definition) is 3. The third kappa shape index (κ3) is 9.39. The van der Waals surface area contributed by atoms with E-state index in [2.05, 4.69) is 36.4 Å². The van der Waals surface area contributed by atoms with Gasteiger partial charge in [-0.2, -0.15) is 0 Å². The number of alkyl halides is 1. The number of halogens is 1. The summed E-state index contributed by atoms with van der Waals surface area (Å²) in [6.07, 6.45) is 9.80. The molecule has 3 nitrogen and oxygen atoms in total. The fraction of sp³-hybridized carbons (Fsp3) is 1.00. The van der Waals surface area contributed by atoms with Crippen LogP contribution < -0.4 is 0 Å². The Morgan fingerprint density at radius 1 is 1.00 bits per heavy atom. The van der Waals surface area contributed by atoms with Crippen LogP contribution in [0, 0.1) is 0 Å². The molecule has 0 aliphatic carbocycles. The molecule has 0 N–H and O–H groups in total. The second-order valence-electron chi connectivity index (χ2n) is 4.95. The van der Waals surface area contributed by atoms with Crippen molar-refractivity contribution in [2.24, 2.45) is 0 Å².